The van der Waals surface area contributed by atoms with Crippen LogP contribution in [0.3, 0.4) is 0 Å². The summed E-state index contributed by atoms with van der Waals surface area (Å²) in [6.45, 7) is 2.14. The van der Waals surface area contributed by atoms with E-state index in [2.05, 4.69) is 12.7 Å². The predicted octanol–water partition coefficient (Wildman–Crippen LogP) is 2.99. The average Bonchev–Trinajstić information content (AvgIpc) is 1.86. The second kappa shape index (κ2) is 2.08. The summed E-state index contributed by atoms with van der Waals surface area (Å²) in [6.07, 6.45) is 0. The van der Waals surface area contributed by atoms with Crippen LogP contribution < -0.4 is 0 Å². The molecule has 1 rings (SSSR count). The van der Waals surface area contributed by atoms with E-state index in [4.69, 9.17) is 0 Å². The van der Waals surface area contributed by atoms with Gasteiger partial charge in [0.1, 0.15) is 0 Å². The Morgan fingerprint density at radius 1 is 1.83 bits per heavy atom. The maximum Gasteiger partial charge on any atom is 0.0264 e. The van der Waals surface area contributed by atoms with Crippen LogP contribution in [0, 0.1) is 12.7 Å². The molecule has 0 nitrogen and oxygen atoms in total. The largest absolute Gasteiger partial charge is 0.102 e. The van der Waals surface area contributed by atoms with Crippen LogP contribution in [-0.2, 0) is 0 Å². The molecule has 0 saturated heterocycles. The molecule has 1 heterocycles. The quantitative estimate of drug-likeness (QED) is 0.510. The first kappa shape index (κ1) is 4.79. The third-order valence-corrected chi connectivity index (χ3v) is 5.50. The summed E-state index contributed by atoms with van der Waals surface area (Å²) in [4.78, 5) is 0. The fraction of sp³-hybridized carbons (Fsp3) is 0.333. The summed E-state index contributed by atoms with van der Waals surface area (Å²) >= 11 is 0. The fourth-order valence-corrected chi connectivity index (χ4v) is 5.17. The zero-order valence-corrected chi connectivity index (χ0v) is 6.18. The van der Waals surface area contributed by atoms with E-state index < -0.39 is 0 Å². The van der Waals surface area contributed by atoms with Gasteiger partial charge in [-0.05, 0) is 27.6 Å². The Hall–Kier alpha value is 0.640. The summed E-state index contributed by atoms with van der Waals surface area (Å²) in [5, 5.41) is 1.46. The Morgan fingerprint density at radius 3 is 2.83 bits per heavy atom. The van der Waals surface area contributed by atoms with Gasteiger partial charge in [-0.3, -0.25) is 0 Å². The molecule has 0 aliphatic heterocycles. The highest BCUT2D eigenvalue weighted by Gasteiger charge is 1.76. The van der Waals surface area contributed by atoms with E-state index in [1.807, 2.05) is 0 Å². The predicted molar refractivity (Wildman–Crippen MR) is 34.5 cm³/mol. The van der Waals surface area contributed by atoms with E-state index >= 15 is 0 Å². The molecule has 0 aliphatic rings. The van der Waals surface area contributed by atoms with E-state index in [-0.39, 0.29) is 0 Å². The maximum absolute atomic E-state index is 3.21. The summed E-state index contributed by atoms with van der Waals surface area (Å²) in [5.41, 5.74) is 0. The molecule has 0 bridgehead atoms. The van der Waals surface area contributed by atoms with Gasteiger partial charge in [0.05, 0.1) is 0 Å². The Labute approximate surface area is 42.1 Å². The second-order valence-electron chi connectivity index (χ2n) is 1.05. The fourth-order valence-electron chi connectivity index (χ4n) is 0.225. The number of aryl methyl sites for hydroxylation is 1. The Morgan fingerprint density at radius 2 is 2.67 bits per heavy atom. The van der Waals surface area contributed by atoms with Crippen LogP contribution in [0.5, 0.6) is 0 Å². The van der Waals surface area contributed by atoms with Crippen LogP contribution in [0.15, 0.2) is 0 Å². The lowest BCUT2D eigenvalue weighted by Gasteiger charge is -1.64. The molecule has 3 heteroatoms. The van der Waals surface area contributed by atoms with Crippen molar-refractivity contribution in [1.82, 2.24) is 0 Å². The second-order valence-corrected chi connectivity index (χ2v) is 6.32. The maximum atomic E-state index is 3.21. The first-order chi connectivity index (χ1) is 2.89. The lowest BCUT2D eigenvalue weighted by molar-refractivity contribution is 1.67. The van der Waals surface area contributed by atoms with Crippen molar-refractivity contribution >= 4 is 23.3 Å². The van der Waals surface area contributed by atoms with Crippen molar-refractivity contribution in [2.75, 3.05) is 0 Å². The molecule has 1 unspecified atom stereocenters. The topological polar surface area (TPSA) is 0 Å². The van der Waals surface area contributed by atoms with Gasteiger partial charge < -0.3 is 0 Å². The molecule has 6 heavy (non-hydrogen) atoms. The average molecular weight is 133 g/mol. The van der Waals surface area contributed by atoms with Gasteiger partial charge in [0.25, 0.3) is 0 Å². The van der Waals surface area contributed by atoms with Crippen LogP contribution in [-0.4, -0.2) is 0 Å². The first-order valence-electron chi connectivity index (χ1n) is 1.65. The number of hydrogen-bond acceptors (Lipinski definition) is 0. The van der Waals surface area contributed by atoms with Gasteiger partial charge in [0.2, 0.25) is 0 Å². The van der Waals surface area contributed by atoms with Crippen molar-refractivity contribution in [1.29, 1.82) is 0 Å². The lowest BCUT2D eigenvalue weighted by atomic mass is 10.7. The zero-order valence-electron chi connectivity index (χ0n) is 3.39. The van der Waals surface area contributed by atoms with Crippen molar-refractivity contribution in [2.24, 2.45) is 0 Å². The van der Waals surface area contributed by atoms with E-state index in [0.717, 1.165) is 7.87 Å². The van der Waals surface area contributed by atoms with Gasteiger partial charge in [-0.1, -0.05) is 0 Å². The normalized spacial score (nSPS) is 12.8. The Bertz CT molecular complexity index is 110. The molecule has 0 aliphatic carbocycles. The summed E-state index contributed by atoms with van der Waals surface area (Å²) in [7, 11) is 3.97. The number of hydrogen-bond donors (Lipinski definition) is 0. The molecule has 0 N–H and O–H groups in total. The van der Waals surface area contributed by atoms with Gasteiger partial charge in [-0.25, -0.2) is 0 Å². The van der Waals surface area contributed by atoms with Crippen molar-refractivity contribution in [3.05, 3.63) is 11.1 Å². The highest BCUT2D eigenvalue weighted by molar-refractivity contribution is 8.17. The van der Waals surface area contributed by atoms with Crippen LogP contribution in [0.2, 0.25) is 0 Å². The van der Waals surface area contributed by atoms with Gasteiger partial charge in [-0.2, -0.15) is 0 Å². The van der Waals surface area contributed by atoms with Crippen molar-refractivity contribution in [2.45, 2.75) is 6.92 Å². The third kappa shape index (κ3) is 1.05. The molecule has 31 valence electrons. The third-order valence-electron chi connectivity index (χ3n) is 0.485. The molecule has 1 atom stereocenters. The van der Waals surface area contributed by atoms with E-state index in [1.165, 1.54) is 20.7 Å². The van der Waals surface area contributed by atoms with Crippen LogP contribution in [0.1, 0.15) is 5.30 Å². The van der Waals surface area contributed by atoms with Gasteiger partial charge in [-0.15, -0.1) is 7.87 Å². The van der Waals surface area contributed by atoms with E-state index in [9.17, 15) is 0 Å². The smallest absolute Gasteiger partial charge is 0.0264 e. The molecular formula is C3H4P3. The van der Waals surface area contributed by atoms with Crippen LogP contribution >= 0.6 is 23.3 Å². The molecule has 0 saturated carbocycles. The molecule has 0 spiro atoms. The standard InChI is InChI=1S/C3H4P3/c1-3-2-4-6-5-3/h5H,1H3. The number of rotatable bonds is 0. The first-order valence-corrected chi connectivity index (χ1v) is 5.98. The SMILES string of the molecule is Cc1[c]pp[pH]1. The van der Waals surface area contributed by atoms with E-state index in [0.29, 0.717) is 0 Å². The molecule has 1 aromatic rings. The van der Waals surface area contributed by atoms with E-state index in [1.54, 1.807) is 0 Å². The Kier molecular flexibility index (Phi) is 1.66. The molecule has 1 radical (unpaired) electrons. The van der Waals surface area contributed by atoms with Crippen molar-refractivity contribution < 1.29 is 0 Å². The minimum Gasteiger partial charge on any atom is -0.102 e. The monoisotopic (exact) mass is 133 g/mol. The van der Waals surface area contributed by atoms with Crippen LogP contribution in [0.25, 0.3) is 0 Å². The highest BCUT2D eigenvalue weighted by atomic mass is 32.1. The van der Waals surface area contributed by atoms with Crippen molar-refractivity contribution in [3.63, 3.8) is 0 Å². The lowest BCUT2D eigenvalue weighted by Crippen LogP contribution is -1.40. The highest BCUT2D eigenvalue weighted by Crippen LogP contribution is 2.34. The molecule has 1 aromatic heterocycles. The van der Waals surface area contributed by atoms with Gasteiger partial charge in [0.15, 0.2) is 0 Å². The summed E-state index contributed by atoms with van der Waals surface area (Å²) < 4.78 is 0. The van der Waals surface area contributed by atoms with Crippen molar-refractivity contribution in [3.8, 4) is 0 Å². The Balaban J connectivity index is 3.05. The molecular weight excluding hydrogens is 129 g/mol. The molecule has 0 fully saturated rings. The molecule has 0 aromatic carbocycles. The van der Waals surface area contributed by atoms with Gasteiger partial charge >= 0.3 is 0 Å². The molecule has 0 amide bonds. The van der Waals surface area contributed by atoms with Gasteiger partial charge in [0, 0.05) is 5.80 Å². The summed E-state index contributed by atoms with van der Waals surface area (Å²) in [6, 6.07) is 0. The minimum absolute atomic E-state index is 1.05. The zero-order chi connectivity index (χ0) is 4.41. The minimum atomic E-state index is 1.05. The summed E-state index contributed by atoms with van der Waals surface area (Å²) in [5.74, 6) is 3.21. The van der Waals surface area contributed by atoms with Crippen LogP contribution in [0.4, 0.5) is 0 Å².